The summed E-state index contributed by atoms with van der Waals surface area (Å²) in [5.74, 6) is 0.404. The Morgan fingerprint density at radius 1 is 1.25 bits per heavy atom. The number of pyridine rings is 1. The zero-order chi connectivity index (χ0) is 14.4. The molecule has 0 saturated heterocycles. The second-order valence-corrected chi connectivity index (χ2v) is 4.09. The van der Waals surface area contributed by atoms with E-state index < -0.39 is 0 Å². The van der Waals surface area contributed by atoms with Gasteiger partial charge in [-0.3, -0.25) is 9.78 Å². The number of rotatable bonds is 4. The van der Waals surface area contributed by atoms with Gasteiger partial charge in [0.15, 0.2) is 0 Å². The number of nitrogens with zero attached hydrogens (tertiary/aromatic N) is 2. The van der Waals surface area contributed by atoms with Crippen molar-refractivity contribution in [3.05, 3.63) is 59.9 Å². The number of amides is 1. The van der Waals surface area contributed by atoms with Crippen LogP contribution in [0.25, 0.3) is 0 Å². The largest absolute Gasteiger partial charge is 0.497 e. The molecular formula is C15H15N3O2. The smallest absolute Gasteiger partial charge is 0.289 e. The van der Waals surface area contributed by atoms with E-state index in [1.807, 2.05) is 31.2 Å². The fraction of sp³-hybridized carbons (Fsp3) is 0.133. The Morgan fingerprint density at radius 2 is 2.10 bits per heavy atom. The number of hydrogen-bond donors (Lipinski definition) is 1. The lowest BCUT2D eigenvalue weighted by Crippen LogP contribution is -2.20. The summed E-state index contributed by atoms with van der Waals surface area (Å²) in [5, 5.41) is 4.07. The molecule has 5 nitrogen and oxygen atoms in total. The molecule has 0 saturated carbocycles. The maximum atomic E-state index is 11.8. The lowest BCUT2D eigenvalue weighted by atomic mass is 10.1. The monoisotopic (exact) mass is 269 g/mol. The van der Waals surface area contributed by atoms with Crippen molar-refractivity contribution < 1.29 is 9.53 Å². The van der Waals surface area contributed by atoms with E-state index in [0.29, 0.717) is 11.4 Å². The van der Waals surface area contributed by atoms with Crippen molar-refractivity contribution in [2.24, 2.45) is 5.10 Å². The molecule has 0 spiro atoms. The van der Waals surface area contributed by atoms with E-state index in [1.54, 1.807) is 31.5 Å². The van der Waals surface area contributed by atoms with Crippen molar-refractivity contribution in [3.63, 3.8) is 0 Å². The minimum Gasteiger partial charge on any atom is -0.497 e. The van der Waals surface area contributed by atoms with Crippen LogP contribution in [0.3, 0.4) is 0 Å². The Kier molecular flexibility index (Phi) is 4.44. The second kappa shape index (κ2) is 6.47. The fourth-order valence-corrected chi connectivity index (χ4v) is 1.60. The highest BCUT2D eigenvalue weighted by molar-refractivity contribution is 6.00. The molecule has 0 aliphatic rings. The minimum atomic E-state index is -0.340. The molecular weight excluding hydrogens is 254 g/mol. The van der Waals surface area contributed by atoms with Gasteiger partial charge in [-0.05, 0) is 31.2 Å². The summed E-state index contributed by atoms with van der Waals surface area (Å²) in [6.45, 7) is 1.81. The predicted molar refractivity (Wildman–Crippen MR) is 76.9 cm³/mol. The summed E-state index contributed by atoms with van der Waals surface area (Å²) in [6.07, 6.45) is 1.56. The van der Waals surface area contributed by atoms with Crippen molar-refractivity contribution in [3.8, 4) is 5.75 Å². The van der Waals surface area contributed by atoms with Crippen molar-refractivity contribution >= 4 is 11.6 Å². The lowest BCUT2D eigenvalue weighted by molar-refractivity contribution is 0.0950. The van der Waals surface area contributed by atoms with E-state index in [4.69, 9.17) is 4.74 Å². The second-order valence-electron chi connectivity index (χ2n) is 4.09. The van der Waals surface area contributed by atoms with E-state index in [9.17, 15) is 4.79 Å². The van der Waals surface area contributed by atoms with Crippen LogP contribution in [-0.4, -0.2) is 23.7 Å². The molecule has 0 aliphatic heterocycles. The van der Waals surface area contributed by atoms with Crippen molar-refractivity contribution in [1.29, 1.82) is 0 Å². The highest BCUT2D eigenvalue weighted by Crippen LogP contribution is 2.13. The number of benzene rings is 1. The molecule has 0 bridgehead atoms. The number of carbonyl (C=O) groups excluding carboxylic acids is 1. The van der Waals surface area contributed by atoms with E-state index in [1.165, 1.54) is 0 Å². The zero-order valence-corrected chi connectivity index (χ0v) is 11.3. The highest BCUT2D eigenvalue weighted by atomic mass is 16.5. The fourth-order valence-electron chi connectivity index (χ4n) is 1.60. The van der Waals surface area contributed by atoms with Crippen LogP contribution in [0.5, 0.6) is 5.75 Å². The number of hydrogen-bond acceptors (Lipinski definition) is 4. The number of hydrazone groups is 1. The Hall–Kier alpha value is -2.69. The lowest BCUT2D eigenvalue weighted by Gasteiger charge is -2.04. The molecule has 102 valence electrons. The molecule has 20 heavy (non-hydrogen) atoms. The number of carbonyl (C=O) groups is 1. The molecule has 0 atom stereocenters. The predicted octanol–water partition coefficient (Wildman–Crippen LogP) is 2.24. The Balaban J connectivity index is 2.09. The maximum Gasteiger partial charge on any atom is 0.289 e. The first-order valence-corrected chi connectivity index (χ1v) is 6.11. The normalized spacial score (nSPS) is 11.0. The molecule has 1 amide bonds. The van der Waals surface area contributed by atoms with Crippen LogP contribution in [0.2, 0.25) is 0 Å². The number of aromatic nitrogens is 1. The molecule has 0 aliphatic carbocycles. The third-order valence-corrected chi connectivity index (χ3v) is 2.71. The Labute approximate surface area is 117 Å². The third-order valence-electron chi connectivity index (χ3n) is 2.71. The molecule has 2 rings (SSSR count). The van der Waals surface area contributed by atoms with Crippen LogP contribution < -0.4 is 10.2 Å². The van der Waals surface area contributed by atoms with Gasteiger partial charge < -0.3 is 4.74 Å². The summed E-state index contributed by atoms with van der Waals surface area (Å²) in [7, 11) is 1.61. The topological polar surface area (TPSA) is 63.6 Å². The van der Waals surface area contributed by atoms with Crippen LogP contribution in [0.1, 0.15) is 23.0 Å². The van der Waals surface area contributed by atoms with E-state index in [2.05, 4.69) is 15.5 Å². The summed E-state index contributed by atoms with van der Waals surface area (Å²) < 4.78 is 5.15. The molecule has 1 N–H and O–H groups in total. The first-order valence-electron chi connectivity index (χ1n) is 6.11. The molecule has 2 aromatic rings. The van der Waals surface area contributed by atoms with Crippen molar-refractivity contribution in [2.45, 2.75) is 6.92 Å². The quantitative estimate of drug-likeness (QED) is 0.684. The summed E-state index contributed by atoms with van der Waals surface area (Å²) >= 11 is 0. The molecule has 1 aromatic carbocycles. The Bertz CT molecular complexity index is 624. The van der Waals surface area contributed by atoms with Crippen molar-refractivity contribution in [2.75, 3.05) is 7.11 Å². The van der Waals surface area contributed by atoms with Gasteiger partial charge in [-0.2, -0.15) is 5.10 Å². The van der Waals surface area contributed by atoms with Crippen LogP contribution in [0.4, 0.5) is 0 Å². The van der Waals surface area contributed by atoms with Gasteiger partial charge in [0, 0.05) is 11.8 Å². The van der Waals surface area contributed by atoms with Crippen LogP contribution in [0.15, 0.2) is 53.8 Å². The Morgan fingerprint density at radius 3 is 2.80 bits per heavy atom. The van der Waals surface area contributed by atoms with Crippen LogP contribution in [0, 0.1) is 0 Å². The summed E-state index contributed by atoms with van der Waals surface area (Å²) in [5.41, 5.74) is 4.38. The van der Waals surface area contributed by atoms with Gasteiger partial charge in [-0.1, -0.05) is 18.2 Å². The van der Waals surface area contributed by atoms with Gasteiger partial charge in [0.05, 0.1) is 12.8 Å². The minimum absolute atomic E-state index is 0.328. The molecule has 0 fully saturated rings. The van der Waals surface area contributed by atoms with Gasteiger partial charge in [0.1, 0.15) is 11.4 Å². The highest BCUT2D eigenvalue weighted by Gasteiger charge is 2.05. The van der Waals surface area contributed by atoms with Gasteiger partial charge >= 0.3 is 0 Å². The average molecular weight is 269 g/mol. The first kappa shape index (κ1) is 13.7. The van der Waals surface area contributed by atoms with Gasteiger partial charge in [0.2, 0.25) is 0 Å². The van der Waals surface area contributed by atoms with Crippen molar-refractivity contribution in [1.82, 2.24) is 10.4 Å². The van der Waals surface area contributed by atoms with Crippen LogP contribution in [-0.2, 0) is 0 Å². The maximum absolute atomic E-state index is 11.8. The summed E-state index contributed by atoms with van der Waals surface area (Å²) in [6, 6.07) is 12.6. The molecule has 0 radical (unpaired) electrons. The third kappa shape index (κ3) is 3.41. The first-order chi connectivity index (χ1) is 9.70. The number of methoxy groups -OCH3 is 1. The summed E-state index contributed by atoms with van der Waals surface area (Å²) in [4.78, 5) is 15.8. The molecule has 1 aromatic heterocycles. The molecule has 5 heteroatoms. The van der Waals surface area contributed by atoms with Gasteiger partial charge in [-0.25, -0.2) is 5.43 Å². The van der Waals surface area contributed by atoms with Gasteiger partial charge in [0.25, 0.3) is 5.91 Å². The number of nitrogens with one attached hydrogen (secondary N) is 1. The van der Waals surface area contributed by atoms with E-state index in [0.717, 1.165) is 11.3 Å². The number of ether oxygens (including phenoxy) is 1. The molecule has 1 heterocycles. The van der Waals surface area contributed by atoms with Crippen LogP contribution >= 0.6 is 0 Å². The SMILES string of the molecule is COc1cccc(/C(C)=N/NC(=O)c2ccccn2)c1. The molecule has 0 unspecified atom stereocenters. The van der Waals surface area contributed by atoms with Gasteiger partial charge in [-0.15, -0.1) is 0 Å². The van der Waals surface area contributed by atoms with E-state index >= 15 is 0 Å². The van der Waals surface area contributed by atoms with E-state index in [-0.39, 0.29) is 5.91 Å². The zero-order valence-electron chi connectivity index (χ0n) is 11.3. The standard InChI is InChI=1S/C15H15N3O2/c1-11(12-6-5-7-13(10-12)20-2)17-18-15(19)14-8-3-4-9-16-14/h3-10H,1-2H3,(H,18,19)/b17-11+. The average Bonchev–Trinajstić information content (AvgIpc) is 2.53.